The van der Waals surface area contributed by atoms with Gasteiger partial charge in [0.05, 0.1) is 5.57 Å². The van der Waals surface area contributed by atoms with Gasteiger partial charge in [0.1, 0.15) is 5.76 Å². The Morgan fingerprint density at radius 3 is 2.50 bits per heavy atom. The van der Waals surface area contributed by atoms with Crippen molar-refractivity contribution in [2.75, 3.05) is 6.73 Å². The van der Waals surface area contributed by atoms with Gasteiger partial charge in [-0.3, -0.25) is 4.79 Å². The minimum atomic E-state index is 0.0914. The van der Waals surface area contributed by atoms with Crippen LogP contribution in [0.15, 0.2) is 11.3 Å². The third-order valence-corrected chi connectivity index (χ3v) is 2.15. The van der Waals surface area contributed by atoms with Crippen molar-refractivity contribution in [1.82, 2.24) is 4.90 Å². The molecular formula is C9H15NO2. The van der Waals surface area contributed by atoms with Crippen LogP contribution in [0.4, 0.5) is 0 Å². The number of rotatable bonds is 1. The summed E-state index contributed by atoms with van der Waals surface area (Å²) in [4.78, 5) is 13.3. The van der Waals surface area contributed by atoms with E-state index in [1.54, 1.807) is 11.8 Å². The van der Waals surface area contributed by atoms with E-state index in [-0.39, 0.29) is 11.9 Å². The Balaban J connectivity index is 2.84. The molecule has 1 heterocycles. The van der Waals surface area contributed by atoms with E-state index in [0.717, 1.165) is 11.3 Å². The van der Waals surface area contributed by atoms with E-state index >= 15 is 0 Å². The third-order valence-electron chi connectivity index (χ3n) is 2.15. The summed E-state index contributed by atoms with van der Waals surface area (Å²) < 4.78 is 5.32. The van der Waals surface area contributed by atoms with E-state index in [1.807, 2.05) is 20.8 Å². The highest BCUT2D eigenvalue weighted by molar-refractivity contribution is 5.93. The first-order chi connectivity index (χ1) is 5.54. The first kappa shape index (κ1) is 9.10. The highest BCUT2D eigenvalue weighted by Crippen LogP contribution is 2.17. The number of amides is 1. The summed E-state index contributed by atoms with van der Waals surface area (Å²) in [5.74, 6) is 0.839. The van der Waals surface area contributed by atoms with Crippen LogP contribution in [-0.2, 0) is 9.53 Å². The van der Waals surface area contributed by atoms with E-state index in [1.165, 1.54) is 0 Å². The standard InChI is InChI=1S/C9H15NO2/c1-6(2)10-5-12-8(4)7(3)9(10)11/h6H,5H2,1-4H3. The molecule has 1 rings (SSSR count). The van der Waals surface area contributed by atoms with E-state index < -0.39 is 0 Å². The zero-order valence-electron chi connectivity index (χ0n) is 8.05. The van der Waals surface area contributed by atoms with Crippen molar-refractivity contribution in [3.63, 3.8) is 0 Å². The van der Waals surface area contributed by atoms with Crippen molar-refractivity contribution < 1.29 is 9.53 Å². The van der Waals surface area contributed by atoms with Crippen LogP contribution in [0.25, 0.3) is 0 Å². The molecule has 0 aliphatic carbocycles. The summed E-state index contributed by atoms with van der Waals surface area (Å²) >= 11 is 0. The first-order valence-electron chi connectivity index (χ1n) is 4.15. The fraction of sp³-hybridized carbons (Fsp3) is 0.667. The monoisotopic (exact) mass is 169 g/mol. The normalized spacial score (nSPS) is 18.8. The highest BCUT2D eigenvalue weighted by atomic mass is 16.5. The summed E-state index contributed by atoms with van der Waals surface area (Å²) in [5.41, 5.74) is 0.718. The maximum Gasteiger partial charge on any atom is 0.255 e. The average molecular weight is 169 g/mol. The molecule has 0 aromatic carbocycles. The van der Waals surface area contributed by atoms with Crippen LogP contribution in [0.2, 0.25) is 0 Å². The van der Waals surface area contributed by atoms with Gasteiger partial charge in [0.15, 0.2) is 6.73 Å². The number of hydrogen-bond acceptors (Lipinski definition) is 2. The van der Waals surface area contributed by atoms with E-state index in [0.29, 0.717) is 6.73 Å². The molecule has 0 atom stereocenters. The van der Waals surface area contributed by atoms with Gasteiger partial charge in [-0.05, 0) is 27.7 Å². The molecule has 12 heavy (non-hydrogen) atoms. The van der Waals surface area contributed by atoms with Gasteiger partial charge < -0.3 is 9.64 Å². The molecular weight excluding hydrogens is 154 g/mol. The Morgan fingerprint density at radius 2 is 2.00 bits per heavy atom. The Kier molecular flexibility index (Phi) is 2.40. The SMILES string of the molecule is CC1=C(C)C(=O)N(C(C)C)CO1. The molecule has 1 aliphatic heterocycles. The van der Waals surface area contributed by atoms with E-state index in [2.05, 4.69) is 0 Å². The largest absolute Gasteiger partial charge is 0.477 e. The second kappa shape index (κ2) is 3.17. The molecule has 0 spiro atoms. The van der Waals surface area contributed by atoms with Crippen molar-refractivity contribution in [1.29, 1.82) is 0 Å². The number of nitrogens with zero attached hydrogens (tertiary/aromatic N) is 1. The van der Waals surface area contributed by atoms with Crippen molar-refractivity contribution in [2.24, 2.45) is 0 Å². The predicted molar refractivity (Wildman–Crippen MR) is 46.3 cm³/mol. The van der Waals surface area contributed by atoms with Gasteiger partial charge >= 0.3 is 0 Å². The van der Waals surface area contributed by atoms with Gasteiger partial charge in [-0.25, -0.2) is 0 Å². The smallest absolute Gasteiger partial charge is 0.255 e. The molecule has 0 saturated heterocycles. The minimum absolute atomic E-state index is 0.0914. The molecule has 0 bridgehead atoms. The molecule has 0 aromatic rings. The van der Waals surface area contributed by atoms with Gasteiger partial charge in [0.2, 0.25) is 0 Å². The van der Waals surface area contributed by atoms with Gasteiger partial charge in [-0.15, -0.1) is 0 Å². The molecule has 68 valence electrons. The van der Waals surface area contributed by atoms with E-state index in [4.69, 9.17) is 4.74 Å². The van der Waals surface area contributed by atoms with Crippen LogP contribution < -0.4 is 0 Å². The first-order valence-corrected chi connectivity index (χ1v) is 4.15. The maximum atomic E-state index is 11.6. The molecule has 0 unspecified atom stereocenters. The molecule has 0 fully saturated rings. The highest BCUT2D eigenvalue weighted by Gasteiger charge is 2.24. The average Bonchev–Trinajstić information content (AvgIpc) is 2.00. The fourth-order valence-electron chi connectivity index (χ4n) is 1.08. The predicted octanol–water partition coefficient (Wildman–Crippen LogP) is 1.50. The fourth-order valence-corrected chi connectivity index (χ4v) is 1.08. The van der Waals surface area contributed by atoms with Crippen molar-refractivity contribution in [3.8, 4) is 0 Å². The Labute approximate surface area is 73.0 Å². The summed E-state index contributed by atoms with van der Waals surface area (Å²) in [5, 5.41) is 0. The summed E-state index contributed by atoms with van der Waals surface area (Å²) in [6.45, 7) is 7.97. The molecule has 0 N–H and O–H groups in total. The number of hydrogen-bond donors (Lipinski definition) is 0. The topological polar surface area (TPSA) is 29.5 Å². The number of ether oxygens (including phenoxy) is 1. The molecule has 1 amide bonds. The lowest BCUT2D eigenvalue weighted by atomic mass is 10.2. The number of allylic oxidation sites excluding steroid dienone is 1. The zero-order chi connectivity index (χ0) is 9.30. The molecule has 3 heteroatoms. The molecule has 1 aliphatic rings. The van der Waals surface area contributed by atoms with Gasteiger partial charge in [-0.1, -0.05) is 0 Å². The maximum absolute atomic E-state index is 11.6. The van der Waals surface area contributed by atoms with E-state index in [9.17, 15) is 4.79 Å². The van der Waals surface area contributed by atoms with Crippen LogP contribution in [0.5, 0.6) is 0 Å². The minimum Gasteiger partial charge on any atom is -0.477 e. The second-order valence-electron chi connectivity index (χ2n) is 3.32. The van der Waals surface area contributed by atoms with Crippen LogP contribution >= 0.6 is 0 Å². The second-order valence-corrected chi connectivity index (χ2v) is 3.32. The summed E-state index contributed by atoms with van der Waals surface area (Å²) in [6, 6.07) is 0.209. The zero-order valence-corrected chi connectivity index (χ0v) is 8.05. The van der Waals surface area contributed by atoms with Crippen LogP contribution in [0.3, 0.4) is 0 Å². The Hall–Kier alpha value is -0.990. The summed E-state index contributed by atoms with van der Waals surface area (Å²) in [6.07, 6.45) is 0. The molecule has 0 saturated carbocycles. The molecule has 0 aromatic heterocycles. The van der Waals surface area contributed by atoms with Crippen molar-refractivity contribution in [2.45, 2.75) is 33.7 Å². The van der Waals surface area contributed by atoms with Crippen LogP contribution in [-0.4, -0.2) is 23.6 Å². The van der Waals surface area contributed by atoms with Crippen LogP contribution in [0.1, 0.15) is 27.7 Å². The summed E-state index contributed by atoms with van der Waals surface area (Å²) in [7, 11) is 0. The van der Waals surface area contributed by atoms with Gasteiger partial charge in [0, 0.05) is 6.04 Å². The van der Waals surface area contributed by atoms with Gasteiger partial charge in [0.25, 0.3) is 5.91 Å². The molecule has 0 radical (unpaired) electrons. The van der Waals surface area contributed by atoms with Crippen molar-refractivity contribution in [3.05, 3.63) is 11.3 Å². The van der Waals surface area contributed by atoms with Crippen LogP contribution in [0, 0.1) is 0 Å². The number of carbonyl (C=O) groups is 1. The molecule has 3 nitrogen and oxygen atoms in total. The van der Waals surface area contributed by atoms with Gasteiger partial charge in [-0.2, -0.15) is 0 Å². The lowest BCUT2D eigenvalue weighted by molar-refractivity contribution is -0.136. The Morgan fingerprint density at radius 1 is 1.42 bits per heavy atom. The quantitative estimate of drug-likeness (QED) is 0.595. The van der Waals surface area contributed by atoms with Crippen molar-refractivity contribution >= 4 is 5.91 Å². The Bertz CT molecular complexity index is 231. The number of carbonyl (C=O) groups excluding carboxylic acids is 1. The lowest BCUT2D eigenvalue weighted by Crippen LogP contribution is -2.42. The lowest BCUT2D eigenvalue weighted by Gasteiger charge is -2.31. The third kappa shape index (κ3) is 1.44.